The van der Waals surface area contributed by atoms with Crippen LogP contribution in [0.25, 0.3) is 0 Å². The van der Waals surface area contributed by atoms with Gasteiger partial charge >= 0.3 is 0 Å². The van der Waals surface area contributed by atoms with Crippen LogP contribution in [0.4, 0.5) is 0 Å². The standard InChI is InChI=1S/C22H38N4O2/c1-5-18-9-11-19(12-10-18)21(26(3)4)16-25-22(23-2)24-13-7-14-27-17-20-8-6-15-28-20/h9-12,20-21H,5-8,13-17H2,1-4H3,(H2,23,24,25). The van der Waals surface area contributed by atoms with E-state index in [-0.39, 0.29) is 0 Å². The number of rotatable bonds is 11. The van der Waals surface area contributed by atoms with E-state index in [0.717, 1.165) is 57.9 Å². The van der Waals surface area contributed by atoms with Gasteiger partial charge in [-0.05, 0) is 50.9 Å². The summed E-state index contributed by atoms with van der Waals surface area (Å²) in [5.41, 5.74) is 2.68. The molecule has 0 aromatic heterocycles. The number of benzene rings is 1. The molecule has 0 radical (unpaired) electrons. The molecule has 2 atom stereocenters. The van der Waals surface area contributed by atoms with Crippen LogP contribution in [0, 0.1) is 0 Å². The lowest BCUT2D eigenvalue weighted by Gasteiger charge is -2.26. The summed E-state index contributed by atoms with van der Waals surface area (Å²) in [6.45, 7) is 6.16. The van der Waals surface area contributed by atoms with Gasteiger partial charge in [0.2, 0.25) is 0 Å². The minimum atomic E-state index is 0.291. The Morgan fingerprint density at radius 1 is 1.29 bits per heavy atom. The Kier molecular flexibility index (Phi) is 10.3. The second-order valence-corrected chi connectivity index (χ2v) is 7.52. The van der Waals surface area contributed by atoms with E-state index in [9.17, 15) is 0 Å². The number of guanidine groups is 1. The van der Waals surface area contributed by atoms with Crippen molar-refractivity contribution in [3.8, 4) is 0 Å². The van der Waals surface area contributed by atoms with Crippen LogP contribution in [0.15, 0.2) is 29.3 Å². The predicted octanol–water partition coefficient (Wildman–Crippen LogP) is 2.60. The van der Waals surface area contributed by atoms with Crippen LogP contribution in [0.1, 0.15) is 43.4 Å². The SMILES string of the molecule is CCc1ccc(C(CNC(=NC)NCCCOCC2CCCO2)N(C)C)cc1. The van der Waals surface area contributed by atoms with Crippen molar-refractivity contribution in [2.45, 2.75) is 44.8 Å². The highest BCUT2D eigenvalue weighted by Crippen LogP contribution is 2.18. The normalized spacial score (nSPS) is 18.5. The lowest BCUT2D eigenvalue weighted by Crippen LogP contribution is -2.42. The van der Waals surface area contributed by atoms with Crippen molar-refractivity contribution < 1.29 is 9.47 Å². The first-order valence-electron chi connectivity index (χ1n) is 10.5. The summed E-state index contributed by atoms with van der Waals surface area (Å²) in [6.07, 6.45) is 4.61. The van der Waals surface area contributed by atoms with Crippen LogP contribution in [0.5, 0.6) is 0 Å². The van der Waals surface area contributed by atoms with E-state index in [0.29, 0.717) is 18.8 Å². The molecule has 2 N–H and O–H groups in total. The Morgan fingerprint density at radius 2 is 2.07 bits per heavy atom. The first-order valence-corrected chi connectivity index (χ1v) is 10.5. The summed E-state index contributed by atoms with van der Waals surface area (Å²) in [7, 11) is 6.04. The number of ether oxygens (including phenoxy) is 2. The molecule has 2 rings (SSSR count). The average Bonchev–Trinajstić information content (AvgIpc) is 3.22. The predicted molar refractivity (Wildman–Crippen MR) is 116 cm³/mol. The van der Waals surface area contributed by atoms with E-state index in [1.807, 2.05) is 7.05 Å². The topological polar surface area (TPSA) is 58.1 Å². The van der Waals surface area contributed by atoms with Gasteiger partial charge in [0.05, 0.1) is 18.8 Å². The number of hydrogen-bond donors (Lipinski definition) is 2. The number of aryl methyl sites for hydroxylation is 1. The highest BCUT2D eigenvalue weighted by atomic mass is 16.5. The Bertz CT molecular complexity index is 568. The van der Waals surface area contributed by atoms with Crippen LogP contribution in [0.2, 0.25) is 0 Å². The Hall–Kier alpha value is -1.63. The lowest BCUT2D eigenvalue weighted by atomic mass is 10.0. The van der Waals surface area contributed by atoms with Crippen molar-refractivity contribution in [3.05, 3.63) is 35.4 Å². The molecule has 6 heteroatoms. The van der Waals surface area contributed by atoms with Gasteiger partial charge in [-0.15, -0.1) is 0 Å². The van der Waals surface area contributed by atoms with E-state index in [4.69, 9.17) is 9.47 Å². The third-order valence-electron chi connectivity index (χ3n) is 5.17. The molecule has 1 heterocycles. The van der Waals surface area contributed by atoms with Gasteiger partial charge < -0.3 is 25.0 Å². The second-order valence-electron chi connectivity index (χ2n) is 7.52. The molecule has 0 bridgehead atoms. The number of likely N-dealkylation sites (N-methyl/N-ethyl adjacent to an activating group) is 1. The molecule has 6 nitrogen and oxygen atoms in total. The zero-order chi connectivity index (χ0) is 20.2. The van der Waals surface area contributed by atoms with Gasteiger partial charge in [-0.1, -0.05) is 31.2 Å². The summed E-state index contributed by atoms with van der Waals surface area (Å²) < 4.78 is 11.3. The maximum absolute atomic E-state index is 5.71. The van der Waals surface area contributed by atoms with Gasteiger partial charge in [0.15, 0.2) is 5.96 Å². The Balaban J connectivity index is 1.68. The quantitative estimate of drug-likeness (QED) is 0.346. The van der Waals surface area contributed by atoms with Crippen molar-refractivity contribution in [3.63, 3.8) is 0 Å². The zero-order valence-corrected chi connectivity index (χ0v) is 18.0. The summed E-state index contributed by atoms with van der Waals surface area (Å²) in [6, 6.07) is 9.18. The zero-order valence-electron chi connectivity index (χ0n) is 18.0. The van der Waals surface area contributed by atoms with E-state index in [1.165, 1.54) is 11.1 Å². The summed E-state index contributed by atoms with van der Waals surface area (Å²) in [4.78, 5) is 6.57. The number of nitrogens with one attached hydrogen (secondary N) is 2. The molecule has 28 heavy (non-hydrogen) atoms. The maximum atomic E-state index is 5.71. The van der Waals surface area contributed by atoms with E-state index < -0.39 is 0 Å². The fourth-order valence-electron chi connectivity index (χ4n) is 3.36. The third-order valence-corrected chi connectivity index (χ3v) is 5.17. The summed E-state index contributed by atoms with van der Waals surface area (Å²) in [5, 5.41) is 6.82. The molecule has 0 amide bonds. The minimum absolute atomic E-state index is 0.291. The fraction of sp³-hybridized carbons (Fsp3) is 0.682. The number of aliphatic imine (C=N–C) groups is 1. The van der Waals surface area contributed by atoms with Crippen LogP contribution in [-0.2, 0) is 15.9 Å². The van der Waals surface area contributed by atoms with Crippen LogP contribution >= 0.6 is 0 Å². The van der Waals surface area contributed by atoms with E-state index in [1.54, 1.807) is 0 Å². The number of nitrogens with zero attached hydrogens (tertiary/aromatic N) is 2. The molecule has 1 aliphatic heterocycles. The second kappa shape index (κ2) is 12.8. The van der Waals surface area contributed by atoms with Crippen LogP contribution in [-0.4, -0.2) is 71.0 Å². The fourth-order valence-corrected chi connectivity index (χ4v) is 3.36. The third kappa shape index (κ3) is 7.78. The monoisotopic (exact) mass is 390 g/mol. The Labute approximate surface area is 170 Å². The maximum Gasteiger partial charge on any atom is 0.191 e. The molecular weight excluding hydrogens is 352 g/mol. The minimum Gasteiger partial charge on any atom is -0.379 e. The van der Waals surface area contributed by atoms with Crippen molar-refractivity contribution in [2.75, 3.05) is 54.1 Å². The molecule has 0 saturated carbocycles. The largest absolute Gasteiger partial charge is 0.379 e. The van der Waals surface area contributed by atoms with Crippen molar-refractivity contribution in [1.29, 1.82) is 0 Å². The molecule has 1 aromatic carbocycles. The molecule has 1 fully saturated rings. The molecular formula is C22H38N4O2. The van der Waals surface area contributed by atoms with E-state index >= 15 is 0 Å². The van der Waals surface area contributed by atoms with Crippen molar-refractivity contribution >= 4 is 5.96 Å². The van der Waals surface area contributed by atoms with Crippen molar-refractivity contribution in [1.82, 2.24) is 15.5 Å². The first kappa shape index (κ1) is 22.7. The number of hydrogen-bond acceptors (Lipinski definition) is 4. The average molecular weight is 391 g/mol. The molecule has 1 aromatic rings. The van der Waals surface area contributed by atoms with Gasteiger partial charge in [-0.2, -0.15) is 0 Å². The van der Waals surface area contributed by atoms with Gasteiger partial charge in [-0.25, -0.2) is 0 Å². The molecule has 2 unspecified atom stereocenters. The Morgan fingerprint density at radius 3 is 2.68 bits per heavy atom. The van der Waals surface area contributed by atoms with E-state index in [2.05, 4.69) is 65.8 Å². The molecule has 158 valence electrons. The van der Waals surface area contributed by atoms with Crippen LogP contribution in [0.3, 0.4) is 0 Å². The highest BCUT2D eigenvalue weighted by Gasteiger charge is 2.16. The summed E-state index contributed by atoms with van der Waals surface area (Å²) in [5.74, 6) is 0.830. The smallest absolute Gasteiger partial charge is 0.191 e. The molecule has 0 aliphatic carbocycles. The summed E-state index contributed by atoms with van der Waals surface area (Å²) >= 11 is 0. The highest BCUT2D eigenvalue weighted by molar-refractivity contribution is 5.79. The lowest BCUT2D eigenvalue weighted by molar-refractivity contribution is 0.0168. The molecule has 0 spiro atoms. The van der Waals surface area contributed by atoms with Gasteiger partial charge in [0.1, 0.15) is 0 Å². The van der Waals surface area contributed by atoms with Gasteiger partial charge in [0, 0.05) is 33.4 Å². The molecule has 1 aliphatic rings. The van der Waals surface area contributed by atoms with Gasteiger partial charge in [-0.3, -0.25) is 4.99 Å². The van der Waals surface area contributed by atoms with Crippen LogP contribution < -0.4 is 10.6 Å². The van der Waals surface area contributed by atoms with Gasteiger partial charge in [0.25, 0.3) is 0 Å². The first-order chi connectivity index (χ1) is 13.6. The molecule has 1 saturated heterocycles. The van der Waals surface area contributed by atoms with Crippen molar-refractivity contribution in [2.24, 2.45) is 4.99 Å².